The van der Waals surface area contributed by atoms with Gasteiger partial charge in [0.05, 0.1) is 6.04 Å². The largest absolute Gasteiger partial charge is 0.465 e. The van der Waals surface area contributed by atoms with Crippen LogP contribution in [-0.4, -0.2) is 21.0 Å². The van der Waals surface area contributed by atoms with Crippen molar-refractivity contribution in [3.05, 3.63) is 11.8 Å². The summed E-state index contributed by atoms with van der Waals surface area (Å²) in [6, 6.07) is 2.40. The van der Waals surface area contributed by atoms with Crippen molar-refractivity contribution in [2.75, 3.05) is 5.32 Å². The smallest absolute Gasteiger partial charge is 0.410 e. The molecule has 5 heteroatoms. The lowest BCUT2D eigenvalue weighted by atomic mass is 10.3. The van der Waals surface area contributed by atoms with Crippen LogP contribution in [0, 0.1) is 0 Å². The molecule has 0 bridgehead atoms. The van der Waals surface area contributed by atoms with Crippen LogP contribution in [0.3, 0.4) is 0 Å². The van der Waals surface area contributed by atoms with Crippen LogP contribution >= 0.6 is 0 Å². The predicted octanol–water partition coefficient (Wildman–Crippen LogP) is 2.19. The Hall–Kier alpha value is -1.52. The first-order valence-electron chi connectivity index (χ1n) is 5.33. The van der Waals surface area contributed by atoms with E-state index in [2.05, 4.69) is 10.4 Å². The van der Waals surface area contributed by atoms with Crippen molar-refractivity contribution in [3.63, 3.8) is 0 Å². The SMILES string of the molecule is O=C(O)Nc1cc(C2CC2)n(C2CC2)n1. The molecule has 2 aliphatic carbocycles. The number of rotatable bonds is 3. The highest BCUT2D eigenvalue weighted by Gasteiger charge is 2.34. The molecule has 2 aliphatic rings. The average Bonchev–Trinajstić information content (AvgIpc) is 3.05. The predicted molar refractivity (Wildman–Crippen MR) is 54.1 cm³/mol. The number of carbonyl (C=O) groups is 1. The zero-order valence-corrected chi connectivity index (χ0v) is 8.31. The third kappa shape index (κ3) is 1.69. The molecule has 0 aromatic carbocycles. The highest BCUT2D eigenvalue weighted by molar-refractivity contribution is 5.81. The van der Waals surface area contributed by atoms with Crippen molar-refractivity contribution in [2.24, 2.45) is 0 Å². The molecule has 0 spiro atoms. The van der Waals surface area contributed by atoms with Gasteiger partial charge in [-0.05, 0) is 25.7 Å². The van der Waals surface area contributed by atoms with Gasteiger partial charge in [0.25, 0.3) is 0 Å². The molecule has 0 aliphatic heterocycles. The number of hydrogen-bond acceptors (Lipinski definition) is 2. The number of hydrogen-bond donors (Lipinski definition) is 2. The number of carboxylic acid groups (broad SMARTS) is 1. The molecule has 2 N–H and O–H groups in total. The molecule has 3 rings (SSSR count). The Labute approximate surface area is 87.1 Å². The van der Waals surface area contributed by atoms with E-state index in [0.717, 1.165) is 0 Å². The van der Waals surface area contributed by atoms with Crippen molar-refractivity contribution < 1.29 is 9.90 Å². The number of anilines is 1. The molecular weight excluding hydrogens is 194 g/mol. The Morgan fingerprint density at radius 2 is 2.20 bits per heavy atom. The molecule has 2 saturated carbocycles. The van der Waals surface area contributed by atoms with Crippen LogP contribution in [0.4, 0.5) is 10.6 Å². The van der Waals surface area contributed by atoms with Gasteiger partial charge in [-0.1, -0.05) is 0 Å². The third-order valence-corrected chi connectivity index (χ3v) is 2.89. The first kappa shape index (κ1) is 8.76. The molecular formula is C10H13N3O2. The van der Waals surface area contributed by atoms with Crippen LogP contribution in [-0.2, 0) is 0 Å². The van der Waals surface area contributed by atoms with E-state index in [4.69, 9.17) is 5.11 Å². The molecule has 5 nitrogen and oxygen atoms in total. The van der Waals surface area contributed by atoms with Gasteiger partial charge in [-0.25, -0.2) is 4.79 Å². The Kier molecular flexibility index (Phi) is 1.74. The summed E-state index contributed by atoms with van der Waals surface area (Å²) in [6.07, 6.45) is 3.73. The average molecular weight is 207 g/mol. The molecule has 15 heavy (non-hydrogen) atoms. The zero-order valence-electron chi connectivity index (χ0n) is 8.31. The van der Waals surface area contributed by atoms with Gasteiger partial charge in [-0.3, -0.25) is 10.00 Å². The number of amides is 1. The van der Waals surface area contributed by atoms with Gasteiger partial charge < -0.3 is 5.11 Å². The molecule has 0 radical (unpaired) electrons. The van der Waals surface area contributed by atoms with E-state index in [9.17, 15) is 4.79 Å². The van der Waals surface area contributed by atoms with Gasteiger partial charge in [0.2, 0.25) is 0 Å². The van der Waals surface area contributed by atoms with Crippen molar-refractivity contribution in [2.45, 2.75) is 37.6 Å². The Balaban J connectivity index is 1.89. The summed E-state index contributed by atoms with van der Waals surface area (Å²) in [5.41, 5.74) is 1.21. The minimum atomic E-state index is -1.04. The fourth-order valence-corrected chi connectivity index (χ4v) is 1.88. The minimum Gasteiger partial charge on any atom is -0.465 e. The molecule has 1 heterocycles. The van der Waals surface area contributed by atoms with Crippen molar-refractivity contribution in [3.8, 4) is 0 Å². The lowest BCUT2D eigenvalue weighted by Gasteiger charge is -2.02. The summed E-state index contributed by atoms with van der Waals surface area (Å²) in [5, 5.41) is 15.2. The van der Waals surface area contributed by atoms with Gasteiger partial charge in [0.15, 0.2) is 5.82 Å². The summed E-state index contributed by atoms with van der Waals surface area (Å²) in [7, 11) is 0. The van der Waals surface area contributed by atoms with Gasteiger partial charge in [0.1, 0.15) is 0 Å². The highest BCUT2D eigenvalue weighted by Crippen LogP contribution is 2.45. The molecule has 1 amide bonds. The highest BCUT2D eigenvalue weighted by atomic mass is 16.4. The standard InChI is InChI=1S/C10H13N3O2/c14-10(15)11-9-5-8(6-1-2-6)13(12-9)7-3-4-7/h5-7H,1-4H2,(H,11,12)(H,14,15). The lowest BCUT2D eigenvalue weighted by Crippen LogP contribution is -2.08. The van der Waals surface area contributed by atoms with E-state index in [1.54, 1.807) is 0 Å². The van der Waals surface area contributed by atoms with Crippen LogP contribution in [0.2, 0.25) is 0 Å². The second-order valence-electron chi connectivity index (χ2n) is 4.33. The number of nitrogens with zero attached hydrogens (tertiary/aromatic N) is 2. The van der Waals surface area contributed by atoms with E-state index >= 15 is 0 Å². The normalized spacial score (nSPS) is 20.3. The summed E-state index contributed by atoms with van der Waals surface area (Å²) < 4.78 is 2.02. The third-order valence-electron chi connectivity index (χ3n) is 2.89. The molecule has 2 fully saturated rings. The van der Waals surface area contributed by atoms with E-state index in [1.807, 2.05) is 10.7 Å². The van der Waals surface area contributed by atoms with Crippen LogP contribution < -0.4 is 5.32 Å². The fourth-order valence-electron chi connectivity index (χ4n) is 1.88. The maximum Gasteiger partial charge on any atom is 0.410 e. The second-order valence-corrected chi connectivity index (χ2v) is 4.33. The van der Waals surface area contributed by atoms with E-state index in [1.165, 1.54) is 31.4 Å². The van der Waals surface area contributed by atoms with Crippen LogP contribution in [0.1, 0.15) is 43.3 Å². The quantitative estimate of drug-likeness (QED) is 0.798. The van der Waals surface area contributed by atoms with Gasteiger partial charge in [-0.15, -0.1) is 0 Å². The molecule has 0 atom stereocenters. The first-order chi connectivity index (χ1) is 7.24. The molecule has 80 valence electrons. The van der Waals surface area contributed by atoms with Crippen LogP contribution in [0.25, 0.3) is 0 Å². The van der Waals surface area contributed by atoms with Crippen molar-refractivity contribution in [1.29, 1.82) is 0 Å². The Morgan fingerprint density at radius 3 is 2.73 bits per heavy atom. The zero-order chi connectivity index (χ0) is 10.4. The van der Waals surface area contributed by atoms with E-state index < -0.39 is 6.09 Å². The maximum atomic E-state index is 10.5. The van der Waals surface area contributed by atoms with Crippen LogP contribution in [0.5, 0.6) is 0 Å². The first-order valence-corrected chi connectivity index (χ1v) is 5.33. The number of nitrogens with one attached hydrogen (secondary N) is 1. The van der Waals surface area contributed by atoms with Crippen LogP contribution in [0.15, 0.2) is 6.07 Å². The molecule has 0 saturated heterocycles. The summed E-state index contributed by atoms with van der Waals surface area (Å²) in [6.45, 7) is 0. The van der Waals surface area contributed by atoms with Gasteiger partial charge in [-0.2, -0.15) is 5.10 Å². The maximum absolute atomic E-state index is 10.5. The van der Waals surface area contributed by atoms with E-state index in [0.29, 0.717) is 17.8 Å². The summed E-state index contributed by atoms with van der Waals surface area (Å²) in [5.74, 6) is 1.08. The minimum absolute atomic E-state index is 0.469. The fraction of sp³-hybridized carbons (Fsp3) is 0.600. The molecule has 0 unspecified atom stereocenters. The van der Waals surface area contributed by atoms with Crippen molar-refractivity contribution in [1.82, 2.24) is 9.78 Å². The topological polar surface area (TPSA) is 67.2 Å². The van der Waals surface area contributed by atoms with E-state index in [-0.39, 0.29) is 0 Å². The summed E-state index contributed by atoms with van der Waals surface area (Å²) >= 11 is 0. The van der Waals surface area contributed by atoms with Gasteiger partial charge >= 0.3 is 6.09 Å². The molecule has 1 aromatic rings. The second kappa shape index (κ2) is 2.98. The van der Waals surface area contributed by atoms with Crippen molar-refractivity contribution >= 4 is 11.9 Å². The molecule has 1 aromatic heterocycles. The number of aromatic nitrogens is 2. The Bertz CT molecular complexity index is 375. The lowest BCUT2D eigenvalue weighted by molar-refractivity contribution is 0.209. The monoisotopic (exact) mass is 207 g/mol. The Morgan fingerprint density at radius 1 is 1.47 bits per heavy atom. The summed E-state index contributed by atoms with van der Waals surface area (Å²) in [4.78, 5) is 10.5. The van der Waals surface area contributed by atoms with Gasteiger partial charge in [0, 0.05) is 17.7 Å².